The Kier molecular flexibility index (Phi) is 4.77. The summed E-state index contributed by atoms with van der Waals surface area (Å²) in [6.45, 7) is 1.94. The van der Waals surface area contributed by atoms with Gasteiger partial charge in [-0.25, -0.2) is 9.82 Å². The highest BCUT2D eigenvalue weighted by molar-refractivity contribution is 5.45. The Morgan fingerprint density at radius 1 is 1.05 bits per heavy atom. The first-order valence-corrected chi connectivity index (χ1v) is 6.54. The van der Waals surface area contributed by atoms with E-state index in [1.54, 1.807) is 20.3 Å². The molecule has 1 atom stereocenters. The number of nitrogens with one attached hydrogen (secondary N) is 1. The van der Waals surface area contributed by atoms with E-state index in [4.69, 9.17) is 15.3 Å². The Morgan fingerprint density at radius 2 is 1.71 bits per heavy atom. The van der Waals surface area contributed by atoms with Crippen LogP contribution in [-0.4, -0.2) is 14.2 Å². The van der Waals surface area contributed by atoms with Gasteiger partial charge in [-0.1, -0.05) is 12.1 Å². The minimum atomic E-state index is -0.375. The number of halogens is 1. The molecule has 3 N–H and O–H groups in total. The van der Waals surface area contributed by atoms with E-state index in [0.29, 0.717) is 11.3 Å². The third kappa shape index (κ3) is 3.15. The monoisotopic (exact) mass is 290 g/mol. The van der Waals surface area contributed by atoms with Gasteiger partial charge in [-0.05, 0) is 42.3 Å². The zero-order valence-electron chi connectivity index (χ0n) is 12.3. The lowest BCUT2D eigenvalue weighted by molar-refractivity contribution is 0.402. The molecule has 4 nitrogen and oxygen atoms in total. The van der Waals surface area contributed by atoms with Crippen LogP contribution in [0.25, 0.3) is 0 Å². The largest absolute Gasteiger partial charge is 0.496 e. The Morgan fingerprint density at radius 3 is 2.29 bits per heavy atom. The molecule has 2 aromatic carbocycles. The maximum atomic E-state index is 13.5. The maximum absolute atomic E-state index is 13.5. The first kappa shape index (κ1) is 15.3. The van der Waals surface area contributed by atoms with E-state index >= 15 is 0 Å². The van der Waals surface area contributed by atoms with Crippen molar-refractivity contribution in [1.29, 1.82) is 0 Å². The van der Waals surface area contributed by atoms with Crippen LogP contribution in [0.4, 0.5) is 4.39 Å². The van der Waals surface area contributed by atoms with Crippen LogP contribution in [0, 0.1) is 12.7 Å². The standard InChI is InChI=1S/C16H19FN2O2/c1-10-8-11(4-6-14(10)20-2)16(19-18)13-9-12(17)5-7-15(13)21-3/h4-9,16,19H,18H2,1-3H3. The van der Waals surface area contributed by atoms with Gasteiger partial charge in [0.25, 0.3) is 0 Å². The second-order valence-electron chi connectivity index (χ2n) is 4.72. The number of hydrazine groups is 1. The number of ether oxygens (including phenoxy) is 2. The number of benzene rings is 2. The molecule has 1 unspecified atom stereocenters. The zero-order valence-corrected chi connectivity index (χ0v) is 12.3. The molecule has 0 spiro atoms. The quantitative estimate of drug-likeness (QED) is 0.656. The van der Waals surface area contributed by atoms with Crippen LogP contribution in [0.2, 0.25) is 0 Å². The summed E-state index contributed by atoms with van der Waals surface area (Å²) in [4.78, 5) is 0. The zero-order chi connectivity index (χ0) is 15.4. The van der Waals surface area contributed by atoms with Crippen LogP contribution in [0.1, 0.15) is 22.7 Å². The molecule has 2 aromatic rings. The predicted octanol–water partition coefficient (Wildman–Crippen LogP) is 2.70. The fourth-order valence-electron chi connectivity index (χ4n) is 2.38. The number of nitrogens with two attached hydrogens (primary N) is 1. The van der Waals surface area contributed by atoms with Gasteiger partial charge in [0.2, 0.25) is 0 Å². The van der Waals surface area contributed by atoms with E-state index in [9.17, 15) is 4.39 Å². The summed E-state index contributed by atoms with van der Waals surface area (Å²) in [5.41, 5.74) is 5.24. The van der Waals surface area contributed by atoms with E-state index in [2.05, 4.69) is 5.43 Å². The van der Waals surface area contributed by atoms with Crippen LogP contribution < -0.4 is 20.7 Å². The lowest BCUT2D eigenvalue weighted by atomic mass is 9.96. The first-order valence-electron chi connectivity index (χ1n) is 6.54. The minimum Gasteiger partial charge on any atom is -0.496 e. The number of methoxy groups -OCH3 is 2. The summed E-state index contributed by atoms with van der Waals surface area (Å²) in [6, 6.07) is 9.69. The van der Waals surface area contributed by atoms with Crippen LogP contribution in [0.15, 0.2) is 36.4 Å². The van der Waals surface area contributed by atoms with Crippen LogP contribution >= 0.6 is 0 Å². The Hall–Kier alpha value is -2.11. The molecular formula is C16H19FN2O2. The number of aryl methyl sites for hydroxylation is 1. The third-order valence-electron chi connectivity index (χ3n) is 3.42. The molecule has 0 bridgehead atoms. The minimum absolute atomic E-state index is 0.337. The van der Waals surface area contributed by atoms with Gasteiger partial charge in [0.05, 0.1) is 20.3 Å². The highest BCUT2D eigenvalue weighted by Gasteiger charge is 2.18. The molecule has 0 aromatic heterocycles. The van der Waals surface area contributed by atoms with E-state index in [1.807, 2.05) is 25.1 Å². The van der Waals surface area contributed by atoms with Gasteiger partial charge in [-0.2, -0.15) is 0 Å². The van der Waals surface area contributed by atoms with Gasteiger partial charge in [0.15, 0.2) is 0 Å². The van der Waals surface area contributed by atoms with Crippen molar-refractivity contribution in [3.05, 3.63) is 58.9 Å². The molecule has 5 heteroatoms. The molecule has 0 amide bonds. The maximum Gasteiger partial charge on any atom is 0.124 e. The smallest absolute Gasteiger partial charge is 0.124 e. The van der Waals surface area contributed by atoms with Crippen molar-refractivity contribution in [2.24, 2.45) is 5.84 Å². The normalized spacial score (nSPS) is 12.0. The summed E-state index contributed by atoms with van der Waals surface area (Å²) in [6.07, 6.45) is 0. The fourth-order valence-corrected chi connectivity index (χ4v) is 2.38. The summed E-state index contributed by atoms with van der Waals surface area (Å²) in [5, 5.41) is 0. The Balaban J connectivity index is 2.49. The van der Waals surface area contributed by atoms with E-state index < -0.39 is 0 Å². The van der Waals surface area contributed by atoms with E-state index in [0.717, 1.165) is 16.9 Å². The molecule has 0 fully saturated rings. The lowest BCUT2D eigenvalue weighted by Gasteiger charge is -2.20. The fraction of sp³-hybridized carbons (Fsp3) is 0.250. The van der Waals surface area contributed by atoms with Crippen molar-refractivity contribution in [1.82, 2.24) is 5.43 Å². The molecule has 0 aliphatic heterocycles. The lowest BCUT2D eigenvalue weighted by Crippen LogP contribution is -2.29. The predicted molar refractivity (Wildman–Crippen MR) is 79.8 cm³/mol. The van der Waals surface area contributed by atoms with Crippen LogP contribution in [0.3, 0.4) is 0 Å². The molecule has 0 heterocycles. The molecule has 2 rings (SSSR count). The van der Waals surface area contributed by atoms with Crippen molar-refractivity contribution < 1.29 is 13.9 Å². The highest BCUT2D eigenvalue weighted by Crippen LogP contribution is 2.32. The first-order chi connectivity index (χ1) is 10.1. The van der Waals surface area contributed by atoms with Gasteiger partial charge in [-0.3, -0.25) is 5.84 Å². The summed E-state index contributed by atoms with van der Waals surface area (Å²) in [5.74, 6) is 6.70. The molecule has 0 aliphatic carbocycles. The second kappa shape index (κ2) is 6.56. The van der Waals surface area contributed by atoms with E-state index in [-0.39, 0.29) is 11.9 Å². The molecule has 0 saturated heterocycles. The highest BCUT2D eigenvalue weighted by atomic mass is 19.1. The number of hydrogen-bond acceptors (Lipinski definition) is 4. The van der Waals surface area contributed by atoms with Crippen molar-refractivity contribution in [3.8, 4) is 11.5 Å². The summed E-state index contributed by atoms with van der Waals surface area (Å²) in [7, 11) is 3.17. The van der Waals surface area contributed by atoms with Crippen molar-refractivity contribution in [2.45, 2.75) is 13.0 Å². The Bertz CT molecular complexity index is 632. The van der Waals surface area contributed by atoms with Crippen molar-refractivity contribution in [2.75, 3.05) is 14.2 Å². The summed E-state index contributed by atoms with van der Waals surface area (Å²) < 4.78 is 24.1. The molecule has 21 heavy (non-hydrogen) atoms. The van der Waals surface area contributed by atoms with Crippen LogP contribution in [0.5, 0.6) is 11.5 Å². The van der Waals surface area contributed by atoms with Crippen LogP contribution in [-0.2, 0) is 0 Å². The molecule has 0 saturated carbocycles. The Labute approximate surface area is 123 Å². The van der Waals surface area contributed by atoms with Crippen molar-refractivity contribution >= 4 is 0 Å². The topological polar surface area (TPSA) is 56.5 Å². The third-order valence-corrected chi connectivity index (χ3v) is 3.42. The van der Waals surface area contributed by atoms with E-state index in [1.165, 1.54) is 12.1 Å². The SMILES string of the molecule is COc1ccc(C(NN)c2cc(F)ccc2OC)cc1C. The van der Waals surface area contributed by atoms with Gasteiger partial charge < -0.3 is 9.47 Å². The number of rotatable bonds is 5. The second-order valence-corrected chi connectivity index (χ2v) is 4.72. The van der Waals surface area contributed by atoms with Gasteiger partial charge in [-0.15, -0.1) is 0 Å². The molecule has 0 aliphatic rings. The molecule has 0 radical (unpaired) electrons. The average Bonchev–Trinajstić information content (AvgIpc) is 2.48. The summed E-state index contributed by atoms with van der Waals surface area (Å²) >= 11 is 0. The van der Waals surface area contributed by atoms with Crippen molar-refractivity contribution in [3.63, 3.8) is 0 Å². The van der Waals surface area contributed by atoms with Gasteiger partial charge >= 0.3 is 0 Å². The molecular weight excluding hydrogens is 271 g/mol. The number of hydrogen-bond donors (Lipinski definition) is 2. The van der Waals surface area contributed by atoms with Gasteiger partial charge in [0.1, 0.15) is 17.3 Å². The van der Waals surface area contributed by atoms with Gasteiger partial charge in [0, 0.05) is 5.56 Å². The molecule has 112 valence electrons. The average molecular weight is 290 g/mol.